The molecule has 0 aliphatic rings. The van der Waals surface area contributed by atoms with Crippen LogP contribution in [0.2, 0.25) is 0 Å². The van der Waals surface area contributed by atoms with Gasteiger partial charge in [0.25, 0.3) is 5.91 Å². The molecule has 1 rings (SSSR count). The van der Waals surface area contributed by atoms with Crippen LogP contribution >= 0.6 is 0 Å². The number of nitrogen functional groups attached to an aromatic ring is 1. The number of anilines is 1. The number of carboxylic acid groups (broad SMARTS) is 1. The molecule has 19 heavy (non-hydrogen) atoms. The lowest BCUT2D eigenvalue weighted by Gasteiger charge is -2.30. The molecule has 1 amide bonds. The number of carbonyl (C=O) groups is 2. The van der Waals surface area contributed by atoms with Crippen molar-refractivity contribution in [2.45, 2.75) is 33.2 Å². The van der Waals surface area contributed by atoms with E-state index in [0.29, 0.717) is 11.3 Å². The fraction of sp³-hybridized carbons (Fsp3) is 0.429. The lowest BCUT2D eigenvalue weighted by Crippen LogP contribution is -2.45. The minimum atomic E-state index is -0.933. The molecule has 1 aromatic rings. The summed E-state index contributed by atoms with van der Waals surface area (Å²) in [5.74, 6) is -1.22. The smallest absolute Gasteiger partial charge is 0.305 e. The van der Waals surface area contributed by atoms with Crippen LogP contribution in [0.5, 0.6) is 0 Å². The molecular formula is C14H20N2O3. The van der Waals surface area contributed by atoms with E-state index in [-0.39, 0.29) is 17.7 Å². The Balaban J connectivity index is 2.81. The van der Waals surface area contributed by atoms with E-state index in [9.17, 15) is 9.59 Å². The Morgan fingerprint density at radius 2 is 1.79 bits per heavy atom. The van der Waals surface area contributed by atoms with Crippen LogP contribution < -0.4 is 11.1 Å². The summed E-state index contributed by atoms with van der Waals surface area (Å²) >= 11 is 0. The van der Waals surface area contributed by atoms with Gasteiger partial charge in [-0.25, -0.2) is 0 Å². The minimum absolute atomic E-state index is 0.107. The maximum absolute atomic E-state index is 12.0. The van der Waals surface area contributed by atoms with Crippen molar-refractivity contribution < 1.29 is 14.7 Å². The number of aliphatic carboxylic acids is 1. The second-order valence-corrected chi connectivity index (χ2v) is 5.61. The van der Waals surface area contributed by atoms with E-state index in [0.717, 1.165) is 0 Å². The SMILES string of the molecule is CC(C)(C)C(CC(=O)O)NC(=O)c1ccc(N)cc1. The summed E-state index contributed by atoms with van der Waals surface area (Å²) in [7, 11) is 0. The zero-order valence-corrected chi connectivity index (χ0v) is 11.4. The summed E-state index contributed by atoms with van der Waals surface area (Å²) in [6.07, 6.45) is -0.107. The Bertz CT molecular complexity index is 461. The number of nitrogens with one attached hydrogen (secondary N) is 1. The molecule has 1 unspecified atom stereocenters. The van der Waals surface area contributed by atoms with E-state index in [4.69, 9.17) is 10.8 Å². The van der Waals surface area contributed by atoms with Gasteiger partial charge in [0.1, 0.15) is 0 Å². The lowest BCUT2D eigenvalue weighted by molar-refractivity contribution is -0.138. The molecule has 0 radical (unpaired) electrons. The molecule has 0 spiro atoms. The van der Waals surface area contributed by atoms with Crippen molar-refractivity contribution in [2.24, 2.45) is 5.41 Å². The van der Waals surface area contributed by atoms with Crippen molar-refractivity contribution in [1.82, 2.24) is 5.32 Å². The minimum Gasteiger partial charge on any atom is -0.481 e. The average Bonchev–Trinajstić information content (AvgIpc) is 2.27. The molecule has 5 heteroatoms. The van der Waals surface area contributed by atoms with Gasteiger partial charge in [0.15, 0.2) is 0 Å². The van der Waals surface area contributed by atoms with Gasteiger partial charge in [-0.3, -0.25) is 9.59 Å². The summed E-state index contributed by atoms with van der Waals surface area (Å²) in [6, 6.07) is 6.07. The van der Waals surface area contributed by atoms with Gasteiger partial charge in [0, 0.05) is 17.3 Å². The van der Waals surface area contributed by atoms with E-state index < -0.39 is 12.0 Å². The third kappa shape index (κ3) is 4.62. The quantitative estimate of drug-likeness (QED) is 0.724. The first-order valence-electron chi connectivity index (χ1n) is 6.08. The topological polar surface area (TPSA) is 92.4 Å². The Morgan fingerprint density at radius 3 is 2.21 bits per heavy atom. The third-order valence-corrected chi connectivity index (χ3v) is 2.90. The number of hydrogen-bond acceptors (Lipinski definition) is 3. The second-order valence-electron chi connectivity index (χ2n) is 5.61. The van der Waals surface area contributed by atoms with Gasteiger partial charge in [0.2, 0.25) is 0 Å². The fourth-order valence-electron chi connectivity index (χ4n) is 1.62. The highest BCUT2D eigenvalue weighted by atomic mass is 16.4. The van der Waals surface area contributed by atoms with Gasteiger partial charge >= 0.3 is 5.97 Å². The van der Waals surface area contributed by atoms with Crippen LogP contribution in [0, 0.1) is 5.41 Å². The van der Waals surface area contributed by atoms with Crippen molar-refractivity contribution in [3.63, 3.8) is 0 Å². The summed E-state index contributed by atoms with van der Waals surface area (Å²) in [4.78, 5) is 22.9. The van der Waals surface area contributed by atoms with Gasteiger partial charge in [-0.15, -0.1) is 0 Å². The Labute approximate surface area is 112 Å². The molecule has 0 bridgehead atoms. The van der Waals surface area contributed by atoms with E-state index in [1.165, 1.54) is 0 Å². The number of benzene rings is 1. The zero-order chi connectivity index (χ0) is 14.6. The first-order chi connectivity index (χ1) is 8.70. The molecule has 0 aliphatic carbocycles. The van der Waals surface area contributed by atoms with Crippen LogP contribution in [0.15, 0.2) is 24.3 Å². The Morgan fingerprint density at radius 1 is 1.26 bits per heavy atom. The van der Waals surface area contributed by atoms with Gasteiger partial charge in [-0.05, 0) is 29.7 Å². The third-order valence-electron chi connectivity index (χ3n) is 2.90. The number of nitrogens with two attached hydrogens (primary N) is 1. The monoisotopic (exact) mass is 264 g/mol. The van der Waals surface area contributed by atoms with Crippen LogP contribution in [0.3, 0.4) is 0 Å². The molecule has 5 nitrogen and oxygen atoms in total. The van der Waals surface area contributed by atoms with Crippen LogP contribution in [0.25, 0.3) is 0 Å². The first kappa shape index (κ1) is 15.0. The van der Waals surface area contributed by atoms with E-state index >= 15 is 0 Å². The number of hydrogen-bond donors (Lipinski definition) is 3. The summed E-state index contributed by atoms with van der Waals surface area (Å²) in [6.45, 7) is 5.68. The summed E-state index contributed by atoms with van der Waals surface area (Å²) in [5, 5.41) is 11.7. The summed E-state index contributed by atoms with van der Waals surface area (Å²) in [5.41, 5.74) is 6.27. The molecule has 0 saturated carbocycles. The maximum atomic E-state index is 12.0. The Hall–Kier alpha value is -2.04. The molecule has 0 heterocycles. The molecule has 0 aliphatic heterocycles. The highest BCUT2D eigenvalue weighted by Crippen LogP contribution is 2.22. The van der Waals surface area contributed by atoms with Crippen molar-refractivity contribution in [3.05, 3.63) is 29.8 Å². The molecule has 0 saturated heterocycles. The summed E-state index contributed by atoms with van der Waals surface area (Å²) < 4.78 is 0. The predicted molar refractivity (Wildman–Crippen MR) is 73.8 cm³/mol. The fourth-order valence-corrected chi connectivity index (χ4v) is 1.62. The number of carboxylic acids is 1. The lowest BCUT2D eigenvalue weighted by atomic mass is 9.84. The van der Waals surface area contributed by atoms with Crippen molar-refractivity contribution in [2.75, 3.05) is 5.73 Å². The molecule has 1 aromatic carbocycles. The number of amides is 1. The van der Waals surface area contributed by atoms with Gasteiger partial charge in [0.05, 0.1) is 6.42 Å². The standard InChI is InChI=1S/C14H20N2O3/c1-14(2,3)11(8-12(17)18)16-13(19)9-4-6-10(15)7-5-9/h4-7,11H,8,15H2,1-3H3,(H,16,19)(H,17,18). The Kier molecular flexibility index (Phi) is 4.53. The maximum Gasteiger partial charge on any atom is 0.305 e. The van der Waals surface area contributed by atoms with E-state index in [1.54, 1.807) is 24.3 Å². The molecule has 0 fully saturated rings. The largest absolute Gasteiger partial charge is 0.481 e. The molecule has 104 valence electrons. The number of rotatable bonds is 4. The molecular weight excluding hydrogens is 244 g/mol. The average molecular weight is 264 g/mol. The van der Waals surface area contributed by atoms with Crippen molar-refractivity contribution >= 4 is 17.6 Å². The van der Waals surface area contributed by atoms with Crippen LogP contribution in [0.4, 0.5) is 5.69 Å². The van der Waals surface area contributed by atoms with Gasteiger partial charge in [-0.2, -0.15) is 0 Å². The van der Waals surface area contributed by atoms with Crippen molar-refractivity contribution in [1.29, 1.82) is 0 Å². The first-order valence-corrected chi connectivity index (χ1v) is 6.08. The normalized spacial score (nSPS) is 12.8. The van der Waals surface area contributed by atoms with Crippen LogP contribution in [0.1, 0.15) is 37.6 Å². The number of carbonyl (C=O) groups excluding carboxylic acids is 1. The highest BCUT2D eigenvalue weighted by Gasteiger charge is 2.28. The van der Waals surface area contributed by atoms with E-state index in [1.807, 2.05) is 20.8 Å². The van der Waals surface area contributed by atoms with Gasteiger partial charge < -0.3 is 16.2 Å². The van der Waals surface area contributed by atoms with Crippen LogP contribution in [-0.4, -0.2) is 23.0 Å². The van der Waals surface area contributed by atoms with Crippen LogP contribution in [-0.2, 0) is 4.79 Å². The zero-order valence-electron chi connectivity index (χ0n) is 11.4. The van der Waals surface area contributed by atoms with Crippen molar-refractivity contribution in [3.8, 4) is 0 Å². The molecule has 0 aromatic heterocycles. The predicted octanol–water partition coefficient (Wildman–Crippen LogP) is 1.89. The molecule has 1 atom stereocenters. The van der Waals surface area contributed by atoms with E-state index in [2.05, 4.69) is 5.32 Å². The second kappa shape index (κ2) is 5.73. The highest BCUT2D eigenvalue weighted by molar-refractivity contribution is 5.94. The molecule has 4 N–H and O–H groups in total. The van der Waals surface area contributed by atoms with Gasteiger partial charge in [-0.1, -0.05) is 20.8 Å².